The van der Waals surface area contributed by atoms with Gasteiger partial charge < -0.3 is 12.0 Å². The SMILES string of the molecule is CCO.Cl.[CH2-]CCC.[Mg+2]. The maximum atomic E-state index is 7.57. The molecule has 0 heterocycles. The molecular weight excluding hydrogens is 148 g/mol. The van der Waals surface area contributed by atoms with Crippen LogP contribution in [0.2, 0.25) is 0 Å². The summed E-state index contributed by atoms with van der Waals surface area (Å²) in [5, 5.41) is 7.57. The number of rotatable bonds is 1. The average Bonchev–Trinajstić information content (AvgIpc) is 1.69. The molecule has 0 aromatic rings. The topological polar surface area (TPSA) is 20.2 Å². The van der Waals surface area contributed by atoms with Gasteiger partial charge in [0, 0.05) is 6.61 Å². The molecule has 0 amide bonds. The van der Waals surface area contributed by atoms with Crippen molar-refractivity contribution in [1.82, 2.24) is 0 Å². The third kappa shape index (κ3) is 109. The summed E-state index contributed by atoms with van der Waals surface area (Å²) >= 11 is 0. The molecule has 0 radical (unpaired) electrons. The molecular formula is C6H16ClMgO+. The first-order chi connectivity index (χ1) is 3.33. The maximum absolute atomic E-state index is 7.57. The van der Waals surface area contributed by atoms with Gasteiger partial charge in [-0.15, -0.1) is 12.4 Å². The fourth-order valence-electron chi connectivity index (χ4n) is 0. The van der Waals surface area contributed by atoms with E-state index in [-0.39, 0.29) is 42.1 Å². The van der Waals surface area contributed by atoms with Crippen molar-refractivity contribution < 1.29 is 5.11 Å². The van der Waals surface area contributed by atoms with Crippen LogP contribution in [-0.2, 0) is 0 Å². The van der Waals surface area contributed by atoms with Crippen LogP contribution < -0.4 is 0 Å². The van der Waals surface area contributed by atoms with Gasteiger partial charge in [-0.25, -0.2) is 0 Å². The van der Waals surface area contributed by atoms with Crippen LogP contribution in [-0.4, -0.2) is 34.8 Å². The van der Waals surface area contributed by atoms with Crippen LogP contribution in [0.5, 0.6) is 0 Å². The number of aliphatic hydroxyl groups excluding tert-OH is 1. The van der Waals surface area contributed by atoms with E-state index in [2.05, 4.69) is 13.8 Å². The molecule has 54 valence electrons. The predicted molar refractivity (Wildman–Crippen MR) is 46.0 cm³/mol. The normalized spacial score (nSPS) is 5.33. The average molecular weight is 164 g/mol. The van der Waals surface area contributed by atoms with Gasteiger partial charge in [0.05, 0.1) is 0 Å². The van der Waals surface area contributed by atoms with Crippen LogP contribution in [0.15, 0.2) is 0 Å². The molecule has 0 bridgehead atoms. The standard InChI is InChI=1S/C4H9.C2H6O.ClH.Mg/c1-3-4-2;1-2-3;;/h1,3-4H2,2H3;3H,2H2,1H3;1H;/q-1;;;+2. The van der Waals surface area contributed by atoms with E-state index in [0.29, 0.717) is 0 Å². The third-order valence-corrected chi connectivity index (χ3v) is 0.354. The molecule has 0 unspecified atom stereocenters. The number of unbranched alkanes of at least 4 members (excludes halogenated alkanes) is 1. The van der Waals surface area contributed by atoms with Crippen LogP contribution in [0, 0.1) is 6.92 Å². The molecule has 0 fully saturated rings. The zero-order valence-corrected chi connectivity index (χ0v) is 8.62. The Morgan fingerprint density at radius 2 is 1.44 bits per heavy atom. The fourth-order valence-corrected chi connectivity index (χ4v) is 0. The van der Waals surface area contributed by atoms with E-state index in [0.717, 1.165) is 6.42 Å². The third-order valence-electron chi connectivity index (χ3n) is 0.354. The van der Waals surface area contributed by atoms with Crippen molar-refractivity contribution in [3.05, 3.63) is 6.92 Å². The quantitative estimate of drug-likeness (QED) is 0.461. The van der Waals surface area contributed by atoms with Crippen molar-refractivity contribution in [2.45, 2.75) is 26.7 Å². The van der Waals surface area contributed by atoms with Crippen molar-refractivity contribution in [3.8, 4) is 0 Å². The summed E-state index contributed by atoms with van der Waals surface area (Å²) < 4.78 is 0. The number of hydrogen-bond acceptors (Lipinski definition) is 1. The second kappa shape index (κ2) is 35.9. The van der Waals surface area contributed by atoms with Crippen LogP contribution in [0.4, 0.5) is 0 Å². The Balaban J connectivity index is -0.0000000233. The van der Waals surface area contributed by atoms with Crippen LogP contribution in [0.3, 0.4) is 0 Å². The minimum atomic E-state index is 0. The fraction of sp³-hybridized carbons (Fsp3) is 0.833. The van der Waals surface area contributed by atoms with E-state index in [1.54, 1.807) is 6.92 Å². The summed E-state index contributed by atoms with van der Waals surface area (Å²) in [6.45, 7) is 7.65. The van der Waals surface area contributed by atoms with E-state index >= 15 is 0 Å². The Morgan fingerprint density at radius 1 is 1.33 bits per heavy atom. The first-order valence-electron chi connectivity index (χ1n) is 2.73. The molecule has 0 rings (SSSR count). The molecule has 0 spiro atoms. The number of halogens is 1. The van der Waals surface area contributed by atoms with Gasteiger partial charge in [0.1, 0.15) is 0 Å². The molecule has 3 heteroatoms. The summed E-state index contributed by atoms with van der Waals surface area (Å²) in [7, 11) is 0. The molecule has 1 N–H and O–H groups in total. The first kappa shape index (κ1) is 22.5. The largest absolute Gasteiger partial charge is 2.00 e. The monoisotopic (exact) mass is 163 g/mol. The summed E-state index contributed by atoms with van der Waals surface area (Å²) in [4.78, 5) is 0. The Kier molecular flexibility index (Phi) is 89.8. The van der Waals surface area contributed by atoms with Gasteiger partial charge in [-0.05, 0) is 6.92 Å². The van der Waals surface area contributed by atoms with E-state index in [9.17, 15) is 0 Å². The molecule has 0 aromatic heterocycles. The molecule has 0 saturated heterocycles. The van der Waals surface area contributed by atoms with Crippen molar-refractivity contribution in [1.29, 1.82) is 0 Å². The Labute approximate surface area is 80.8 Å². The Morgan fingerprint density at radius 3 is 1.44 bits per heavy atom. The van der Waals surface area contributed by atoms with Crippen LogP contribution in [0.25, 0.3) is 0 Å². The number of hydrogen-bond donors (Lipinski definition) is 1. The summed E-state index contributed by atoms with van der Waals surface area (Å²) in [6, 6.07) is 0. The molecule has 9 heavy (non-hydrogen) atoms. The van der Waals surface area contributed by atoms with Crippen molar-refractivity contribution >= 4 is 35.5 Å². The van der Waals surface area contributed by atoms with E-state index in [4.69, 9.17) is 5.11 Å². The number of aliphatic hydroxyl groups is 1. The van der Waals surface area contributed by atoms with Gasteiger partial charge in [0.2, 0.25) is 0 Å². The van der Waals surface area contributed by atoms with Crippen LogP contribution >= 0.6 is 12.4 Å². The van der Waals surface area contributed by atoms with Crippen molar-refractivity contribution in [3.63, 3.8) is 0 Å². The minimum Gasteiger partial charge on any atom is -0.397 e. The van der Waals surface area contributed by atoms with Gasteiger partial charge in [-0.1, -0.05) is 13.3 Å². The second-order valence-corrected chi connectivity index (χ2v) is 1.17. The van der Waals surface area contributed by atoms with Gasteiger partial charge in [-0.3, -0.25) is 0 Å². The molecule has 0 aromatic carbocycles. The summed E-state index contributed by atoms with van der Waals surface area (Å²) in [6.07, 6.45) is 2.28. The molecule has 0 aliphatic rings. The molecule has 0 saturated carbocycles. The minimum absolute atomic E-state index is 0. The van der Waals surface area contributed by atoms with E-state index in [1.807, 2.05) is 0 Å². The summed E-state index contributed by atoms with van der Waals surface area (Å²) in [5.74, 6) is 0. The maximum Gasteiger partial charge on any atom is 2.00 e. The molecule has 1 nitrogen and oxygen atoms in total. The van der Waals surface area contributed by atoms with Crippen molar-refractivity contribution in [2.24, 2.45) is 0 Å². The van der Waals surface area contributed by atoms with Gasteiger partial charge >= 0.3 is 23.1 Å². The van der Waals surface area contributed by atoms with Crippen molar-refractivity contribution in [2.75, 3.05) is 6.61 Å². The van der Waals surface area contributed by atoms with Gasteiger partial charge in [-0.2, -0.15) is 6.42 Å². The summed E-state index contributed by atoms with van der Waals surface area (Å²) in [5.41, 5.74) is 0. The Hall–Kier alpha value is 1.02. The van der Waals surface area contributed by atoms with E-state index in [1.165, 1.54) is 6.42 Å². The molecule has 0 aliphatic carbocycles. The molecule has 0 aliphatic heterocycles. The zero-order valence-electron chi connectivity index (χ0n) is 6.39. The predicted octanol–water partition coefficient (Wildman–Crippen LogP) is 1.66. The smallest absolute Gasteiger partial charge is 0.397 e. The van der Waals surface area contributed by atoms with Crippen LogP contribution in [0.1, 0.15) is 26.7 Å². The molecule has 0 atom stereocenters. The first-order valence-corrected chi connectivity index (χ1v) is 2.73. The zero-order chi connectivity index (χ0) is 6.12. The second-order valence-electron chi connectivity index (χ2n) is 1.17. The van der Waals surface area contributed by atoms with Gasteiger partial charge in [0.25, 0.3) is 0 Å². The Bertz CT molecular complexity index is 20.5. The van der Waals surface area contributed by atoms with E-state index < -0.39 is 0 Å². The van der Waals surface area contributed by atoms with Gasteiger partial charge in [0.15, 0.2) is 0 Å².